The summed E-state index contributed by atoms with van der Waals surface area (Å²) in [4.78, 5) is 27.6. The molecule has 0 aliphatic carbocycles. The van der Waals surface area contributed by atoms with Crippen molar-refractivity contribution in [3.05, 3.63) is 64.1 Å². The van der Waals surface area contributed by atoms with Crippen LogP contribution in [0, 0.1) is 6.92 Å². The minimum absolute atomic E-state index is 0.173. The number of benzene rings is 2. The van der Waals surface area contributed by atoms with Gasteiger partial charge in [-0.15, -0.1) is 0 Å². The summed E-state index contributed by atoms with van der Waals surface area (Å²) in [7, 11) is -3.72. The van der Waals surface area contributed by atoms with Crippen LogP contribution in [0.4, 0.5) is 5.69 Å². The molecule has 33 heavy (non-hydrogen) atoms. The van der Waals surface area contributed by atoms with Crippen LogP contribution in [0.2, 0.25) is 0 Å². The van der Waals surface area contributed by atoms with Crippen LogP contribution in [0.3, 0.4) is 0 Å². The van der Waals surface area contributed by atoms with Gasteiger partial charge in [0.15, 0.2) is 0 Å². The van der Waals surface area contributed by atoms with Gasteiger partial charge < -0.3 is 10.2 Å². The molecule has 0 saturated carbocycles. The third-order valence-electron chi connectivity index (χ3n) is 5.24. The molecule has 0 fully saturated rings. The average Bonchev–Trinajstić information content (AvgIpc) is 2.75. The molecule has 7 nitrogen and oxygen atoms in total. The van der Waals surface area contributed by atoms with E-state index in [1.165, 1.54) is 4.90 Å². The molecule has 2 aromatic carbocycles. The number of carbonyl (C=O) groups excluding carboxylic acids is 2. The van der Waals surface area contributed by atoms with Gasteiger partial charge in [0.05, 0.1) is 11.9 Å². The van der Waals surface area contributed by atoms with Crippen molar-refractivity contribution in [3.63, 3.8) is 0 Å². The van der Waals surface area contributed by atoms with Gasteiger partial charge in [-0.05, 0) is 50.1 Å². The zero-order chi connectivity index (χ0) is 24.6. The lowest BCUT2D eigenvalue weighted by Crippen LogP contribution is -2.51. The smallest absolute Gasteiger partial charge is 0.244 e. The Morgan fingerprint density at radius 3 is 2.36 bits per heavy atom. The molecule has 2 amide bonds. The summed E-state index contributed by atoms with van der Waals surface area (Å²) in [6.45, 7) is 5.89. The molecule has 0 aliphatic heterocycles. The number of hydrogen-bond acceptors (Lipinski definition) is 4. The highest BCUT2D eigenvalue weighted by molar-refractivity contribution is 9.10. The lowest BCUT2D eigenvalue weighted by atomic mass is 10.1. The normalized spacial score (nSPS) is 12.2. The molecule has 1 N–H and O–H groups in total. The number of hydrogen-bond donors (Lipinski definition) is 1. The standard InChI is InChI=1S/C24H32BrN3O4S/c1-5-6-14-26-24(30)19(3)27(16-20-8-7-9-21(25)15-20)23(29)17-28(33(4,31)32)22-12-10-18(2)11-13-22/h7-13,15,19H,5-6,14,16-17H2,1-4H3,(H,26,30)/t19-/m0/s1. The first-order valence-electron chi connectivity index (χ1n) is 10.9. The van der Waals surface area contributed by atoms with Crippen molar-refractivity contribution in [2.75, 3.05) is 23.7 Å². The van der Waals surface area contributed by atoms with Gasteiger partial charge in [-0.1, -0.05) is 59.1 Å². The molecule has 0 radical (unpaired) electrons. The Kier molecular flexibility index (Phi) is 9.91. The maximum absolute atomic E-state index is 13.4. The van der Waals surface area contributed by atoms with E-state index in [0.29, 0.717) is 12.2 Å². The first-order chi connectivity index (χ1) is 15.5. The number of aryl methyl sites for hydroxylation is 1. The number of anilines is 1. The Morgan fingerprint density at radius 2 is 1.79 bits per heavy atom. The molecule has 0 aliphatic rings. The number of nitrogens with one attached hydrogen (secondary N) is 1. The van der Waals surface area contributed by atoms with Crippen LogP contribution in [-0.2, 0) is 26.2 Å². The van der Waals surface area contributed by atoms with Crippen molar-refractivity contribution in [2.45, 2.75) is 46.2 Å². The highest BCUT2D eigenvalue weighted by Gasteiger charge is 2.30. The number of sulfonamides is 1. The van der Waals surface area contributed by atoms with Crippen molar-refractivity contribution in [2.24, 2.45) is 0 Å². The van der Waals surface area contributed by atoms with Crippen LogP contribution in [0.15, 0.2) is 53.0 Å². The van der Waals surface area contributed by atoms with E-state index in [1.807, 2.05) is 38.1 Å². The molecule has 180 valence electrons. The Balaban J connectivity index is 2.33. The molecule has 2 aromatic rings. The summed E-state index contributed by atoms with van der Waals surface area (Å²) in [5, 5.41) is 2.86. The molecular weight excluding hydrogens is 506 g/mol. The summed E-state index contributed by atoms with van der Waals surface area (Å²) in [6.07, 6.45) is 2.85. The number of unbranched alkanes of at least 4 members (excludes halogenated alkanes) is 1. The zero-order valence-corrected chi connectivity index (χ0v) is 21.9. The molecule has 0 spiro atoms. The van der Waals surface area contributed by atoms with Gasteiger partial charge >= 0.3 is 0 Å². The predicted molar refractivity (Wildman–Crippen MR) is 135 cm³/mol. The number of nitrogens with zero attached hydrogens (tertiary/aromatic N) is 2. The predicted octanol–water partition coefficient (Wildman–Crippen LogP) is 3.86. The molecule has 0 bridgehead atoms. The fourth-order valence-electron chi connectivity index (χ4n) is 3.28. The van der Waals surface area contributed by atoms with E-state index in [9.17, 15) is 18.0 Å². The Hall–Kier alpha value is -2.39. The maximum Gasteiger partial charge on any atom is 0.244 e. The largest absolute Gasteiger partial charge is 0.354 e. The quantitative estimate of drug-likeness (QED) is 0.441. The van der Waals surface area contributed by atoms with E-state index in [2.05, 4.69) is 21.2 Å². The van der Waals surface area contributed by atoms with E-state index in [4.69, 9.17) is 0 Å². The van der Waals surface area contributed by atoms with Gasteiger partial charge in [0, 0.05) is 17.6 Å². The third-order valence-corrected chi connectivity index (χ3v) is 6.87. The fourth-order valence-corrected chi connectivity index (χ4v) is 4.57. The van der Waals surface area contributed by atoms with Crippen LogP contribution in [0.5, 0.6) is 0 Å². The van der Waals surface area contributed by atoms with Crippen LogP contribution in [-0.4, -0.2) is 50.5 Å². The third kappa shape index (κ3) is 8.16. The number of rotatable bonds is 11. The van der Waals surface area contributed by atoms with Crippen molar-refractivity contribution in [3.8, 4) is 0 Å². The van der Waals surface area contributed by atoms with E-state index < -0.39 is 28.5 Å². The summed E-state index contributed by atoms with van der Waals surface area (Å²) in [6, 6.07) is 13.6. The molecular formula is C24H32BrN3O4S. The SMILES string of the molecule is CCCCNC(=O)[C@H](C)N(Cc1cccc(Br)c1)C(=O)CN(c1ccc(C)cc1)S(C)(=O)=O. The van der Waals surface area contributed by atoms with Crippen LogP contribution < -0.4 is 9.62 Å². The average molecular weight is 539 g/mol. The maximum atomic E-state index is 13.4. The Labute approximate surface area is 205 Å². The highest BCUT2D eigenvalue weighted by Crippen LogP contribution is 2.20. The second-order valence-corrected chi connectivity index (χ2v) is 10.9. The number of halogens is 1. The molecule has 9 heteroatoms. The van der Waals surface area contributed by atoms with Crippen LogP contribution in [0.1, 0.15) is 37.8 Å². The molecule has 2 rings (SSSR count). The van der Waals surface area contributed by atoms with Crippen LogP contribution in [0.25, 0.3) is 0 Å². The van der Waals surface area contributed by atoms with Crippen LogP contribution >= 0.6 is 15.9 Å². The van der Waals surface area contributed by atoms with Crippen molar-refractivity contribution in [1.29, 1.82) is 0 Å². The Bertz CT molecular complexity index is 1060. The van der Waals surface area contributed by atoms with Gasteiger partial charge in [-0.3, -0.25) is 13.9 Å². The number of carbonyl (C=O) groups is 2. The molecule has 0 unspecified atom stereocenters. The van der Waals surface area contributed by atoms with Gasteiger partial charge in [0.2, 0.25) is 21.8 Å². The second kappa shape index (κ2) is 12.2. The lowest BCUT2D eigenvalue weighted by Gasteiger charge is -2.31. The second-order valence-electron chi connectivity index (χ2n) is 8.08. The fraction of sp³-hybridized carbons (Fsp3) is 0.417. The van der Waals surface area contributed by atoms with E-state index in [1.54, 1.807) is 31.2 Å². The Morgan fingerprint density at radius 1 is 1.12 bits per heavy atom. The zero-order valence-electron chi connectivity index (χ0n) is 19.5. The summed E-state index contributed by atoms with van der Waals surface area (Å²) in [5.74, 6) is -0.729. The van der Waals surface area contributed by atoms with E-state index >= 15 is 0 Å². The van der Waals surface area contributed by atoms with Crippen molar-refractivity contribution in [1.82, 2.24) is 10.2 Å². The van der Waals surface area contributed by atoms with Gasteiger partial charge in [0.1, 0.15) is 12.6 Å². The van der Waals surface area contributed by atoms with Crippen molar-refractivity contribution < 1.29 is 18.0 Å². The molecule has 0 aromatic heterocycles. The van der Waals surface area contributed by atoms with Gasteiger partial charge in [-0.2, -0.15) is 0 Å². The summed E-state index contributed by atoms with van der Waals surface area (Å²) in [5.41, 5.74) is 2.21. The topological polar surface area (TPSA) is 86.8 Å². The first-order valence-corrected chi connectivity index (χ1v) is 13.5. The minimum atomic E-state index is -3.72. The van der Waals surface area contributed by atoms with Gasteiger partial charge in [-0.25, -0.2) is 8.42 Å². The highest BCUT2D eigenvalue weighted by atomic mass is 79.9. The molecule has 1 atom stereocenters. The summed E-state index contributed by atoms with van der Waals surface area (Å²) >= 11 is 3.43. The molecule has 0 saturated heterocycles. The summed E-state index contributed by atoms with van der Waals surface area (Å²) < 4.78 is 27.0. The minimum Gasteiger partial charge on any atom is -0.354 e. The van der Waals surface area contributed by atoms with Crippen molar-refractivity contribution >= 4 is 43.5 Å². The van der Waals surface area contributed by atoms with E-state index in [-0.39, 0.29) is 12.5 Å². The van der Waals surface area contributed by atoms with Gasteiger partial charge in [0.25, 0.3) is 0 Å². The lowest BCUT2D eigenvalue weighted by molar-refractivity contribution is -0.139. The monoisotopic (exact) mass is 537 g/mol. The first kappa shape index (κ1) is 26.9. The number of amides is 2. The molecule has 0 heterocycles. The van der Waals surface area contributed by atoms with E-state index in [0.717, 1.165) is 39.0 Å².